The van der Waals surface area contributed by atoms with Crippen molar-refractivity contribution in [1.82, 2.24) is 4.98 Å². The molecule has 88 valence electrons. The van der Waals surface area contributed by atoms with E-state index in [1.807, 2.05) is 6.07 Å². The quantitative estimate of drug-likeness (QED) is 0.890. The Hall–Kier alpha value is -1.81. The lowest BCUT2D eigenvalue weighted by atomic mass is 10.1. The molecule has 0 unspecified atom stereocenters. The van der Waals surface area contributed by atoms with Crippen LogP contribution in [0, 0.1) is 0 Å². The fourth-order valence-electron chi connectivity index (χ4n) is 1.81. The molecular formula is C12H11ClN2O2. The number of benzene rings is 1. The van der Waals surface area contributed by atoms with Gasteiger partial charge in [0.25, 0.3) is 0 Å². The predicted molar refractivity (Wildman–Crippen MR) is 68.0 cm³/mol. The Bertz CT molecular complexity index is 596. The predicted octanol–water partition coefficient (Wildman–Crippen LogP) is 2.65. The Balaban J connectivity index is 2.89. The number of anilines is 1. The maximum atomic E-state index is 11.2. The van der Waals surface area contributed by atoms with Crippen molar-refractivity contribution in [2.75, 3.05) is 19.0 Å². The number of halogens is 1. The van der Waals surface area contributed by atoms with Crippen molar-refractivity contribution < 1.29 is 9.90 Å². The zero-order valence-corrected chi connectivity index (χ0v) is 10.2. The molecule has 2 rings (SSSR count). The number of pyridine rings is 1. The van der Waals surface area contributed by atoms with E-state index in [-0.39, 0.29) is 5.56 Å². The maximum Gasteiger partial charge on any atom is 0.339 e. The average molecular weight is 251 g/mol. The Labute approximate surface area is 103 Å². The normalized spacial score (nSPS) is 10.5. The highest BCUT2D eigenvalue weighted by atomic mass is 35.5. The SMILES string of the molecule is CN(C)c1c(C(=O)O)cnc2c(Cl)cccc12. The van der Waals surface area contributed by atoms with E-state index in [4.69, 9.17) is 16.7 Å². The fourth-order valence-corrected chi connectivity index (χ4v) is 2.03. The first-order chi connectivity index (χ1) is 8.02. The van der Waals surface area contributed by atoms with Gasteiger partial charge in [-0.05, 0) is 6.07 Å². The zero-order chi connectivity index (χ0) is 12.6. The molecule has 0 radical (unpaired) electrons. The molecule has 1 heterocycles. The molecule has 0 aliphatic heterocycles. The van der Waals surface area contributed by atoms with Crippen LogP contribution in [0.5, 0.6) is 0 Å². The summed E-state index contributed by atoms with van der Waals surface area (Å²) in [6.45, 7) is 0. The van der Waals surface area contributed by atoms with Gasteiger partial charge in [0.2, 0.25) is 0 Å². The number of rotatable bonds is 2. The molecule has 0 fully saturated rings. The number of nitrogens with zero attached hydrogens (tertiary/aromatic N) is 2. The largest absolute Gasteiger partial charge is 0.478 e. The van der Waals surface area contributed by atoms with Crippen LogP contribution in [0.15, 0.2) is 24.4 Å². The van der Waals surface area contributed by atoms with Gasteiger partial charge in [-0.3, -0.25) is 4.98 Å². The highest BCUT2D eigenvalue weighted by Gasteiger charge is 2.16. The van der Waals surface area contributed by atoms with Crippen molar-refractivity contribution in [2.24, 2.45) is 0 Å². The molecule has 0 atom stereocenters. The van der Waals surface area contributed by atoms with E-state index in [2.05, 4.69) is 4.98 Å². The standard InChI is InChI=1S/C12H11ClN2O2/c1-15(2)11-7-4-3-5-9(13)10(7)14-6-8(11)12(16)17/h3-6H,1-2H3,(H,16,17). The summed E-state index contributed by atoms with van der Waals surface area (Å²) in [5, 5.41) is 10.4. The van der Waals surface area contributed by atoms with Gasteiger partial charge < -0.3 is 10.0 Å². The third-order valence-corrected chi connectivity index (χ3v) is 2.80. The van der Waals surface area contributed by atoms with Crippen LogP contribution >= 0.6 is 11.6 Å². The van der Waals surface area contributed by atoms with Crippen LogP contribution in [-0.2, 0) is 0 Å². The van der Waals surface area contributed by atoms with Gasteiger partial charge in [0, 0.05) is 25.7 Å². The Morgan fingerprint density at radius 3 is 2.71 bits per heavy atom. The minimum Gasteiger partial charge on any atom is -0.478 e. The van der Waals surface area contributed by atoms with Gasteiger partial charge in [-0.1, -0.05) is 23.7 Å². The van der Waals surface area contributed by atoms with Crippen molar-refractivity contribution in [2.45, 2.75) is 0 Å². The molecule has 0 saturated carbocycles. The van der Waals surface area contributed by atoms with Gasteiger partial charge in [0.1, 0.15) is 5.56 Å². The molecule has 17 heavy (non-hydrogen) atoms. The average Bonchev–Trinajstić information content (AvgIpc) is 2.27. The zero-order valence-electron chi connectivity index (χ0n) is 9.44. The lowest BCUT2D eigenvalue weighted by Gasteiger charge is -2.18. The third kappa shape index (κ3) is 1.91. The topological polar surface area (TPSA) is 53.4 Å². The van der Waals surface area contributed by atoms with Gasteiger partial charge in [-0.2, -0.15) is 0 Å². The Kier molecular flexibility index (Phi) is 2.90. The number of aromatic nitrogens is 1. The molecule has 0 aliphatic rings. The van der Waals surface area contributed by atoms with Crippen LogP contribution in [-0.4, -0.2) is 30.2 Å². The molecule has 1 aromatic heterocycles. The van der Waals surface area contributed by atoms with Crippen molar-refractivity contribution in [3.63, 3.8) is 0 Å². The minimum atomic E-state index is -0.997. The van der Waals surface area contributed by atoms with Crippen LogP contribution < -0.4 is 4.90 Å². The first-order valence-corrected chi connectivity index (χ1v) is 5.38. The second kappa shape index (κ2) is 4.22. The maximum absolute atomic E-state index is 11.2. The Morgan fingerprint density at radius 1 is 1.41 bits per heavy atom. The summed E-state index contributed by atoms with van der Waals surface area (Å²) in [5.41, 5.74) is 1.40. The molecule has 2 aromatic rings. The van der Waals surface area contributed by atoms with E-state index in [0.29, 0.717) is 16.2 Å². The fraction of sp³-hybridized carbons (Fsp3) is 0.167. The summed E-state index contributed by atoms with van der Waals surface area (Å²) < 4.78 is 0. The summed E-state index contributed by atoms with van der Waals surface area (Å²) in [6, 6.07) is 5.33. The number of carboxylic acids is 1. The smallest absolute Gasteiger partial charge is 0.339 e. The number of fused-ring (bicyclic) bond motifs is 1. The molecule has 0 saturated heterocycles. The summed E-state index contributed by atoms with van der Waals surface area (Å²) in [5.74, 6) is -0.997. The Morgan fingerprint density at radius 2 is 2.12 bits per heavy atom. The monoisotopic (exact) mass is 250 g/mol. The van der Waals surface area contributed by atoms with Crippen molar-refractivity contribution in [3.05, 3.63) is 35.0 Å². The molecule has 4 nitrogen and oxygen atoms in total. The van der Waals surface area contributed by atoms with Gasteiger partial charge in [-0.25, -0.2) is 4.79 Å². The number of aromatic carboxylic acids is 1. The lowest BCUT2D eigenvalue weighted by Crippen LogP contribution is -2.15. The summed E-state index contributed by atoms with van der Waals surface area (Å²) in [7, 11) is 3.59. The first-order valence-electron chi connectivity index (χ1n) is 5.00. The van der Waals surface area contributed by atoms with E-state index in [1.54, 1.807) is 31.1 Å². The van der Waals surface area contributed by atoms with Crippen LogP contribution in [0.4, 0.5) is 5.69 Å². The van der Waals surface area contributed by atoms with Crippen LogP contribution in [0.25, 0.3) is 10.9 Å². The minimum absolute atomic E-state index is 0.171. The van der Waals surface area contributed by atoms with E-state index < -0.39 is 5.97 Å². The number of hydrogen-bond donors (Lipinski definition) is 1. The van der Waals surface area contributed by atoms with E-state index in [0.717, 1.165) is 5.39 Å². The van der Waals surface area contributed by atoms with E-state index >= 15 is 0 Å². The highest BCUT2D eigenvalue weighted by molar-refractivity contribution is 6.35. The molecular weight excluding hydrogens is 240 g/mol. The first kappa shape index (κ1) is 11.7. The van der Waals surface area contributed by atoms with Crippen molar-refractivity contribution >= 4 is 34.2 Å². The highest BCUT2D eigenvalue weighted by Crippen LogP contribution is 2.31. The molecule has 0 amide bonds. The second-order valence-electron chi connectivity index (χ2n) is 3.86. The van der Waals surface area contributed by atoms with Crippen LogP contribution in [0.2, 0.25) is 5.02 Å². The summed E-state index contributed by atoms with van der Waals surface area (Å²) in [4.78, 5) is 17.0. The van der Waals surface area contributed by atoms with Gasteiger partial charge in [-0.15, -0.1) is 0 Å². The number of hydrogen-bond acceptors (Lipinski definition) is 3. The summed E-state index contributed by atoms with van der Waals surface area (Å²) >= 11 is 6.04. The molecule has 1 aromatic carbocycles. The second-order valence-corrected chi connectivity index (χ2v) is 4.26. The lowest BCUT2D eigenvalue weighted by molar-refractivity contribution is 0.0697. The van der Waals surface area contributed by atoms with E-state index in [1.165, 1.54) is 6.20 Å². The van der Waals surface area contributed by atoms with Gasteiger partial charge in [0.15, 0.2) is 0 Å². The van der Waals surface area contributed by atoms with Gasteiger partial charge in [0.05, 0.1) is 16.2 Å². The van der Waals surface area contributed by atoms with Crippen LogP contribution in [0.3, 0.4) is 0 Å². The number of carboxylic acid groups (broad SMARTS) is 1. The van der Waals surface area contributed by atoms with Gasteiger partial charge >= 0.3 is 5.97 Å². The number of para-hydroxylation sites is 1. The van der Waals surface area contributed by atoms with Crippen LogP contribution in [0.1, 0.15) is 10.4 Å². The van der Waals surface area contributed by atoms with Crippen molar-refractivity contribution in [3.8, 4) is 0 Å². The third-order valence-electron chi connectivity index (χ3n) is 2.50. The molecule has 5 heteroatoms. The van der Waals surface area contributed by atoms with Crippen molar-refractivity contribution in [1.29, 1.82) is 0 Å². The molecule has 0 spiro atoms. The molecule has 0 aliphatic carbocycles. The summed E-state index contributed by atoms with van der Waals surface area (Å²) in [6.07, 6.45) is 1.34. The molecule has 0 bridgehead atoms. The molecule has 1 N–H and O–H groups in total. The number of carbonyl (C=O) groups is 1. The van der Waals surface area contributed by atoms with E-state index in [9.17, 15) is 4.79 Å².